The lowest BCUT2D eigenvalue weighted by atomic mass is 9.89. The highest BCUT2D eigenvalue weighted by Gasteiger charge is 2.30. The Hall–Kier alpha value is -5.43. The number of Topliss-reactive ketones (excluding diaryl/α,β-unsaturated/α-hetero) is 1. The lowest BCUT2D eigenvalue weighted by Gasteiger charge is -2.17. The lowest BCUT2D eigenvalue weighted by Crippen LogP contribution is -2.30. The minimum Gasteiger partial charge on any atom is -0.322 e. The van der Waals surface area contributed by atoms with E-state index < -0.39 is 11.7 Å². The SMILES string of the molecule is N#Cc1cnn(-c2ncccn2)c1N/N=C1\C(=O)C(C(=O)Nc2ccccc2)=Cc2ccccc21. The van der Waals surface area contributed by atoms with Gasteiger partial charge in [-0.05, 0) is 29.8 Å². The molecule has 2 N–H and O–H groups in total. The van der Waals surface area contributed by atoms with Crippen LogP contribution in [0.25, 0.3) is 12.0 Å². The zero-order valence-corrected chi connectivity index (χ0v) is 18.1. The molecule has 0 unspecified atom stereocenters. The predicted octanol–water partition coefficient (Wildman–Crippen LogP) is 2.95. The van der Waals surface area contributed by atoms with Crippen LogP contribution in [-0.2, 0) is 9.59 Å². The summed E-state index contributed by atoms with van der Waals surface area (Å²) in [6.07, 6.45) is 5.95. The van der Waals surface area contributed by atoms with Crippen molar-refractivity contribution < 1.29 is 9.59 Å². The van der Waals surface area contributed by atoms with Crippen molar-refractivity contribution in [2.24, 2.45) is 5.10 Å². The van der Waals surface area contributed by atoms with Gasteiger partial charge in [-0.2, -0.15) is 20.1 Å². The van der Waals surface area contributed by atoms with E-state index in [0.717, 1.165) is 0 Å². The molecule has 5 rings (SSSR count). The van der Waals surface area contributed by atoms with Crippen molar-refractivity contribution in [3.63, 3.8) is 0 Å². The van der Waals surface area contributed by atoms with Gasteiger partial charge in [-0.1, -0.05) is 42.5 Å². The van der Waals surface area contributed by atoms with Gasteiger partial charge in [0.05, 0.1) is 11.8 Å². The second-order valence-corrected chi connectivity index (χ2v) is 7.35. The number of rotatable bonds is 5. The van der Waals surface area contributed by atoms with Crippen LogP contribution in [0.15, 0.2) is 89.9 Å². The van der Waals surface area contributed by atoms with Gasteiger partial charge in [0.25, 0.3) is 11.9 Å². The molecule has 2 heterocycles. The Balaban J connectivity index is 1.52. The van der Waals surface area contributed by atoms with Gasteiger partial charge in [-0.25, -0.2) is 9.97 Å². The van der Waals surface area contributed by atoms with E-state index in [9.17, 15) is 14.9 Å². The molecule has 0 saturated carbocycles. The van der Waals surface area contributed by atoms with Crippen LogP contribution in [0.2, 0.25) is 0 Å². The van der Waals surface area contributed by atoms with Gasteiger partial charge in [0.1, 0.15) is 17.3 Å². The number of hydrazone groups is 1. The Morgan fingerprint density at radius 2 is 1.74 bits per heavy atom. The van der Waals surface area contributed by atoms with E-state index >= 15 is 0 Å². The summed E-state index contributed by atoms with van der Waals surface area (Å²) in [5.41, 5.74) is 4.67. The summed E-state index contributed by atoms with van der Waals surface area (Å²) in [5.74, 6) is -0.717. The number of nitrogens with one attached hydrogen (secondary N) is 2. The molecule has 0 atom stereocenters. The molecule has 0 spiro atoms. The number of carbonyl (C=O) groups is 2. The fourth-order valence-electron chi connectivity index (χ4n) is 3.51. The van der Waals surface area contributed by atoms with Crippen LogP contribution in [0.4, 0.5) is 11.5 Å². The monoisotopic (exact) mass is 460 g/mol. The molecule has 1 aliphatic carbocycles. The third-order valence-electron chi connectivity index (χ3n) is 5.16. The maximum absolute atomic E-state index is 13.4. The number of nitriles is 1. The average molecular weight is 460 g/mol. The summed E-state index contributed by atoms with van der Waals surface area (Å²) in [6, 6.07) is 19.6. The molecule has 0 radical (unpaired) electrons. The van der Waals surface area contributed by atoms with Crippen LogP contribution in [-0.4, -0.2) is 37.2 Å². The molecular weight excluding hydrogens is 444 g/mol. The fourth-order valence-corrected chi connectivity index (χ4v) is 3.51. The summed E-state index contributed by atoms with van der Waals surface area (Å²) < 4.78 is 1.31. The molecule has 10 heteroatoms. The minimum atomic E-state index is -0.565. The highest BCUT2D eigenvalue weighted by atomic mass is 16.2. The van der Waals surface area contributed by atoms with E-state index in [2.05, 4.69) is 30.9 Å². The number of carbonyl (C=O) groups excluding carboxylic acids is 2. The molecule has 4 aromatic rings. The molecule has 0 fully saturated rings. The van der Waals surface area contributed by atoms with Crippen LogP contribution < -0.4 is 10.7 Å². The van der Waals surface area contributed by atoms with E-state index in [0.29, 0.717) is 16.8 Å². The molecule has 10 nitrogen and oxygen atoms in total. The molecular formula is C25H16N8O2. The Bertz CT molecular complexity index is 1530. The molecule has 168 valence electrons. The summed E-state index contributed by atoms with van der Waals surface area (Å²) >= 11 is 0. The quantitative estimate of drug-likeness (QED) is 0.345. The number of nitrogens with zero attached hydrogens (tertiary/aromatic N) is 6. The average Bonchev–Trinajstić information content (AvgIpc) is 3.32. The molecule has 35 heavy (non-hydrogen) atoms. The van der Waals surface area contributed by atoms with Crippen molar-refractivity contribution in [1.29, 1.82) is 5.26 Å². The van der Waals surface area contributed by atoms with E-state index in [1.807, 2.05) is 12.1 Å². The first-order chi connectivity index (χ1) is 17.2. The second kappa shape index (κ2) is 9.21. The first-order valence-electron chi connectivity index (χ1n) is 10.5. The fraction of sp³-hybridized carbons (Fsp3) is 0. The third kappa shape index (κ3) is 4.17. The van der Waals surface area contributed by atoms with Crippen LogP contribution >= 0.6 is 0 Å². The number of hydrogen-bond acceptors (Lipinski definition) is 8. The molecule has 2 aromatic heterocycles. The van der Waals surface area contributed by atoms with Gasteiger partial charge in [0.15, 0.2) is 5.82 Å². The maximum Gasteiger partial charge on any atom is 0.259 e. The van der Waals surface area contributed by atoms with Gasteiger partial charge in [0.2, 0.25) is 5.78 Å². The highest BCUT2D eigenvalue weighted by molar-refractivity contribution is 6.59. The largest absolute Gasteiger partial charge is 0.322 e. The van der Waals surface area contributed by atoms with Crippen molar-refractivity contribution in [3.8, 4) is 12.0 Å². The number of fused-ring (bicyclic) bond motifs is 1. The predicted molar refractivity (Wildman–Crippen MR) is 129 cm³/mol. The molecule has 1 amide bonds. The number of aromatic nitrogens is 4. The van der Waals surface area contributed by atoms with Crippen LogP contribution in [0.1, 0.15) is 16.7 Å². The smallest absolute Gasteiger partial charge is 0.259 e. The number of amides is 1. The van der Waals surface area contributed by atoms with Crippen molar-refractivity contribution in [3.05, 3.63) is 102 Å². The topological polar surface area (TPSA) is 138 Å². The van der Waals surface area contributed by atoms with Gasteiger partial charge in [-0.15, -0.1) is 0 Å². The zero-order valence-electron chi connectivity index (χ0n) is 18.1. The van der Waals surface area contributed by atoms with E-state index in [1.165, 1.54) is 29.3 Å². The normalized spacial score (nSPS) is 13.5. The number of ketones is 1. The summed E-state index contributed by atoms with van der Waals surface area (Å²) in [5, 5.41) is 20.7. The molecule has 1 aliphatic rings. The first kappa shape index (κ1) is 21.4. The Kier molecular flexibility index (Phi) is 5.63. The molecule has 0 bridgehead atoms. The minimum absolute atomic E-state index is 0.0203. The summed E-state index contributed by atoms with van der Waals surface area (Å²) in [4.78, 5) is 34.6. The Morgan fingerprint density at radius 3 is 2.51 bits per heavy atom. The van der Waals surface area contributed by atoms with Crippen LogP contribution in [0.3, 0.4) is 0 Å². The second-order valence-electron chi connectivity index (χ2n) is 7.35. The van der Waals surface area contributed by atoms with Gasteiger partial charge in [0, 0.05) is 23.6 Å². The Labute approximate surface area is 199 Å². The van der Waals surface area contributed by atoms with Gasteiger partial charge >= 0.3 is 0 Å². The first-order valence-corrected chi connectivity index (χ1v) is 10.5. The number of hydrogen-bond donors (Lipinski definition) is 2. The van der Waals surface area contributed by atoms with Crippen molar-refractivity contribution in [1.82, 2.24) is 19.7 Å². The number of para-hydroxylation sites is 1. The van der Waals surface area contributed by atoms with E-state index in [1.54, 1.807) is 54.6 Å². The summed E-state index contributed by atoms with van der Waals surface area (Å²) in [7, 11) is 0. The van der Waals surface area contributed by atoms with E-state index in [-0.39, 0.29) is 28.6 Å². The third-order valence-corrected chi connectivity index (χ3v) is 5.16. The van der Waals surface area contributed by atoms with Crippen LogP contribution in [0.5, 0.6) is 0 Å². The lowest BCUT2D eigenvalue weighted by molar-refractivity contribution is -0.116. The molecule has 2 aromatic carbocycles. The van der Waals surface area contributed by atoms with Gasteiger partial charge in [-0.3, -0.25) is 15.0 Å². The van der Waals surface area contributed by atoms with Gasteiger partial charge < -0.3 is 5.32 Å². The molecule has 0 saturated heterocycles. The Morgan fingerprint density at radius 1 is 1.00 bits per heavy atom. The standard InChI is InChI=1S/C25H16N8O2/c26-14-17-15-29-33(25-27-11-6-12-28-25)23(17)32-31-21-19-10-5-4-7-16(19)13-20(22(21)34)24(35)30-18-8-2-1-3-9-18/h1-13,15,32H,(H,30,35)/b31-21-. The van der Waals surface area contributed by atoms with E-state index in [4.69, 9.17) is 0 Å². The number of anilines is 2. The molecule has 0 aliphatic heterocycles. The maximum atomic E-state index is 13.4. The van der Waals surface area contributed by atoms with Crippen molar-refractivity contribution in [2.45, 2.75) is 0 Å². The van der Waals surface area contributed by atoms with Crippen molar-refractivity contribution >= 4 is 35.0 Å². The van der Waals surface area contributed by atoms with Crippen molar-refractivity contribution in [2.75, 3.05) is 10.7 Å². The van der Waals surface area contributed by atoms with Crippen LogP contribution in [0, 0.1) is 11.3 Å². The highest BCUT2D eigenvalue weighted by Crippen LogP contribution is 2.25. The summed E-state index contributed by atoms with van der Waals surface area (Å²) in [6.45, 7) is 0. The number of benzene rings is 2. The zero-order chi connectivity index (χ0) is 24.2.